The van der Waals surface area contributed by atoms with E-state index in [0.717, 1.165) is 81.4 Å². The van der Waals surface area contributed by atoms with Crippen molar-refractivity contribution in [1.82, 2.24) is 9.88 Å². The number of aryl methyl sites for hydroxylation is 2. The molecule has 0 radical (unpaired) electrons. The number of pyridine rings is 1. The molecule has 2 fully saturated rings. The molecule has 1 aromatic carbocycles. The van der Waals surface area contributed by atoms with Gasteiger partial charge >= 0.3 is 12.3 Å². The van der Waals surface area contributed by atoms with E-state index < -0.39 is 24.1 Å². The number of alkyl halides is 3. The number of nitrogens with one attached hydrogen (secondary N) is 1. The van der Waals surface area contributed by atoms with Crippen molar-refractivity contribution in [2.45, 2.75) is 82.7 Å². The Kier molecular flexibility index (Phi) is 9.15. The molecule has 218 valence electrons. The summed E-state index contributed by atoms with van der Waals surface area (Å²) in [6.45, 7) is 2.32. The first-order valence-corrected chi connectivity index (χ1v) is 14.4. The van der Waals surface area contributed by atoms with Crippen molar-refractivity contribution >= 4 is 11.8 Å². The van der Waals surface area contributed by atoms with Crippen LogP contribution in [0.3, 0.4) is 0 Å². The van der Waals surface area contributed by atoms with Gasteiger partial charge in [0.1, 0.15) is 17.6 Å². The highest BCUT2D eigenvalue weighted by molar-refractivity contribution is 5.77. The minimum atomic E-state index is -4.90. The maximum atomic E-state index is 13.1. The summed E-state index contributed by atoms with van der Waals surface area (Å²) in [6.07, 6.45) is 4.50. The monoisotopic (exact) mass is 561 g/mol. The molecule has 5 rings (SSSR count). The molecule has 7 nitrogen and oxygen atoms in total. The number of carbonyl (C=O) groups is 1. The summed E-state index contributed by atoms with van der Waals surface area (Å²) in [6, 6.07) is 7.50. The van der Waals surface area contributed by atoms with Gasteiger partial charge in [0.25, 0.3) is 0 Å². The molecule has 1 saturated heterocycles. The Labute approximate surface area is 233 Å². The number of aromatic nitrogens is 1. The number of fused-ring (bicyclic) bond motifs is 1. The molecule has 1 aromatic heterocycles. The van der Waals surface area contributed by atoms with Gasteiger partial charge in [0.2, 0.25) is 0 Å². The molecule has 40 heavy (non-hydrogen) atoms. The SMILES string of the molecule is O=C(O)[C@@H](c1cc(CC2CC2)ccc1OC(F)(F)F)N1CC[C@@H](OCCCCCc2ccc3c(n2)NCCC3)C1. The van der Waals surface area contributed by atoms with Gasteiger partial charge in [-0.1, -0.05) is 18.6 Å². The van der Waals surface area contributed by atoms with Gasteiger partial charge in [-0.25, -0.2) is 4.98 Å². The highest BCUT2D eigenvalue weighted by Gasteiger charge is 2.39. The number of carboxylic acids is 1. The van der Waals surface area contributed by atoms with Crippen LogP contribution in [-0.2, 0) is 28.8 Å². The van der Waals surface area contributed by atoms with Crippen LogP contribution in [0.2, 0.25) is 0 Å². The number of benzene rings is 1. The number of rotatable bonds is 13. The van der Waals surface area contributed by atoms with Crippen molar-refractivity contribution in [2.24, 2.45) is 5.92 Å². The average molecular weight is 562 g/mol. The molecule has 3 heterocycles. The molecule has 1 aliphatic carbocycles. The van der Waals surface area contributed by atoms with Gasteiger partial charge in [-0.2, -0.15) is 0 Å². The van der Waals surface area contributed by atoms with Gasteiger partial charge in [0.15, 0.2) is 0 Å². The van der Waals surface area contributed by atoms with E-state index in [4.69, 9.17) is 9.72 Å². The van der Waals surface area contributed by atoms with Crippen molar-refractivity contribution in [3.8, 4) is 5.75 Å². The zero-order valence-corrected chi connectivity index (χ0v) is 22.7. The van der Waals surface area contributed by atoms with Gasteiger partial charge in [-0.05, 0) is 93.0 Å². The number of unbranched alkanes of at least 4 members (excludes halogenated alkanes) is 2. The second-order valence-electron chi connectivity index (χ2n) is 11.2. The number of ether oxygens (including phenoxy) is 2. The van der Waals surface area contributed by atoms with Gasteiger partial charge in [0.05, 0.1) is 6.10 Å². The maximum Gasteiger partial charge on any atom is 0.573 e. The van der Waals surface area contributed by atoms with E-state index in [9.17, 15) is 23.1 Å². The number of hydrogen-bond acceptors (Lipinski definition) is 6. The topological polar surface area (TPSA) is 83.9 Å². The Balaban J connectivity index is 1.11. The van der Waals surface area contributed by atoms with Crippen LogP contribution >= 0.6 is 0 Å². The van der Waals surface area contributed by atoms with Crippen molar-refractivity contribution in [1.29, 1.82) is 0 Å². The maximum absolute atomic E-state index is 13.1. The lowest BCUT2D eigenvalue weighted by Crippen LogP contribution is -2.34. The summed E-state index contributed by atoms with van der Waals surface area (Å²) in [4.78, 5) is 18.8. The van der Waals surface area contributed by atoms with Crippen LogP contribution in [0.15, 0.2) is 30.3 Å². The molecule has 0 spiro atoms. The highest BCUT2D eigenvalue weighted by Crippen LogP contribution is 2.38. The van der Waals surface area contributed by atoms with Crippen LogP contribution < -0.4 is 10.1 Å². The standard InChI is InChI=1S/C30H38F3N3O4/c31-30(32,33)40-26-12-9-21(17-20-7-8-20)18-25(26)27(29(37)38)36-15-13-24(19-36)39-16-3-1-2-6-23-11-10-22-5-4-14-34-28(22)35-23/h9-12,18,20,24,27H,1-8,13-17,19H2,(H,34,35)(H,37,38)/t24-,27-/m1/s1. The minimum Gasteiger partial charge on any atom is -0.480 e. The largest absolute Gasteiger partial charge is 0.573 e. The van der Waals surface area contributed by atoms with Crippen molar-refractivity contribution in [2.75, 3.05) is 31.6 Å². The molecule has 0 amide bonds. The van der Waals surface area contributed by atoms with E-state index in [1.165, 1.54) is 11.6 Å². The van der Waals surface area contributed by atoms with E-state index >= 15 is 0 Å². The van der Waals surface area contributed by atoms with E-state index in [1.807, 2.05) is 0 Å². The number of aliphatic carboxylic acids is 1. The molecule has 0 unspecified atom stereocenters. The summed E-state index contributed by atoms with van der Waals surface area (Å²) in [5.74, 6) is -0.110. The molecule has 2 aromatic rings. The molecular formula is C30H38F3N3O4. The normalized spacial score (nSPS) is 20.1. The van der Waals surface area contributed by atoms with E-state index in [1.54, 1.807) is 17.0 Å². The Bertz CT molecular complexity index is 1170. The number of likely N-dealkylation sites (tertiary alicyclic amines) is 1. The van der Waals surface area contributed by atoms with Crippen LogP contribution in [0.4, 0.5) is 19.0 Å². The number of nitrogens with zero attached hydrogens (tertiary/aromatic N) is 2. The Morgan fingerprint density at radius 1 is 1.15 bits per heavy atom. The zero-order chi connectivity index (χ0) is 28.1. The molecule has 10 heteroatoms. The Hall–Kier alpha value is -2.85. The minimum absolute atomic E-state index is 0.0506. The Morgan fingerprint density at radius 3 is 2.77 bits per heavy atom. The van der Waals surface area contributed by atoms with E-state index in [-0.39, 0.29) is 11.7 Å². The quantitative estimate of drug-likeness (QED) is 0.294. The van der Waals surface area contributed by atoms with Crippen molar-refractivity contribution in [3.63, 3.8) is 0 Å². The van der Waals surface area contributed by atoms with Gasteiger partial charge < -0.3 is 19.9 Å². The summed E-state index contributed by atoms with van der Waals surface area (Å²) in [5, 5.41) is 13.5. The first-order valence-electron chi connectivity index (χ1n) is 14.4. The second kappa shape index (κ2) is 12.8. The summed E-state index contributed by atoms with van der Waals surface area (Å²) >= 11 is 0. The van der Waals surface area contributed by atoms with Crippen LogP contribution in [-0.4, -0.2) is 59.7 Å². The van der Waals surface area contributed by atoms with Crippen LogP contribution in [0.1, 0.15) is 73.4 Å². The lowest BCUT2D eigenvalue weighted by atomic mass is 9.99. The van der Waals surface area contributed by atoms with Crippen molar-refractivity contribution < 1.29 is 32.5 Å². The van der Waals surface area contributed by atoms with E-state index in [0.29, 0.717) is 32.0 Å². The van der Waals surface area contributed by atoms with E-state index in [2.05, 4.69) is 22.2 Å². The predicted molar refractivity (Wildman–Crippen MR) is 144 cm³/mol. The van der Waals surface area contributed by atoms with Gasteiger partial charge in [0, 0.05) is 37.5 Å². The summed E-state index contributed by atoms with van der Waals surface area (Å²) < 4.78 is 49.7. The second-order valence-corrected chi connectivity index (χ2v) is 11.2. The first-order chi connectivity index (χ1) is 19.2. The first kappa shape index (κ1) is 28.7. The zero-order valence-electron chi connectivity index (χ0n) is 22.7. The van der Waals surface area contributed by atoms with Gasteiger partial charge in [-0.3, -0.25) is 9.69 Å². The van der Waals surface area contributed by atoms with Gasteiger partial charge in [-0.15, -0.1) is 13.2 Å². The predicted octanol–water partition coefficient (Wildman–Crippen LogP) is 5.92. The molecule has 2 aliphatic heterocycles. The van der Waals surface area contributed by atoms with Crippen LogP contribution in [0, 0.1) is 5.92 Å². The molecule has 3 aliphatic rings. The van der Waals surface area contributed by atoms with Crippen LogP contribution in [0.5, 0.6) is 5.75 Å². The lowest BCUT2D eigenvalue weighted by Gasteiger charge is -2.27. The molecular weight excluding hydrogens is 523 g/mol. The third-order valence-electron chi connectivity index (χ3n) is 7.97. The fraction of sp³-hybridized carbons (Fsp3) is 0.600. The molecule has 1 saturated carbocycles. The number of anilines is 1. The number of halogens is 3. The third kappa shape index (κ3) is 7.87. The number of hydrogen-bond donors (Lipinski definition) is 2. The fourth-order valence-corrected chi connectivity index (χ4v) is 5.76. The summed E-state index contributed by atoms with van der Waals surface area (Å²) in [5.41, 5.74) is 3.27. The fourth-order valence-electron chi connectivity index (χ4n) is 5.76. The smallest absolute Gasteiger partial charge is 0.480 e. The average Bonchev–Trinajstić information content (AvgIpc) is 3.61. The molecule has 0 bridgehead atoms. The van der Waals surface area contributed by atoms with Crippen molar-refractivity contribution in [3.05, 3.63) is 52.7 Å². The molecule has 2 N–H and O–H groups in total. The lowest BCUT2D eigenvalue weighted by molar-refractivity contribution is -0.275. The highest BCUT2D eigenvalue weighted by atomic mass is 19.4. The third-order valence-corrected chi connectivity index (χ3v) is 7.97. The molecule has 2 atom stereocenters. The number of carboxylic acid groups (broad SMARTS) is 1. The summed E-state index contributed by atoms with van der Waals surface area (Å²) in [7, 11) is 0. The van der Waals surface area contributed by atoms with Crippen LogP contribution in [0.25, 0.3) is 0 Å². The Morgan fingerprint density at radius 2 is 2.00 bits per heavy atom.